The van der Waals surface area contributed by atoms with Crippen LogP contribution in [0.15, 0.2) is 23.3 Å². The number of hydrogen-bond acceptors (Lipinski definition) is 0. The van der Waals surface area contributed by atoms with Gasteiger partial charge in [0.15, 0.2) is 0 Å². The average Bonchev–Trinajstić information content (AvgIpc) is 2.65. The van der Waals surface area contributed by atoms with Crippen LogP contribution in [-0.4, -0.2) is 0 Å². The standard InChI is InChI=1S/C12H18/c1-2-3-4-5-11-8-10-6-7-12(11)9-10/h4-5,10H,2-3,6-9H2,1H3/b5-4+. The molecule has 2 aliphatic rings. The number of hydrogen-bond donors (Lipinski definition) is 0. The number of allylic oxidation sites excluding steroid dienone is 4. The van der Waals surface area contributed by atoms with Gasteiger partial charge < -0.3 is 0 Å². The number of fused-ring (bicyclic) bond motifs is 2. The Bertz CT molecular complexity index is 220. The van der Waals surface area contributed by atoms with Crippen molar-refractivity contribution < 1.29 is 0 Å². The lowest BCUT2D eigenvalue weighted by Gasteiger charge is -2.07. The number of unbranched alkanes of at least 4 members (excludes halogenated alkanes) is 1. The Labute approximate surface area is 75.4 Å². The molecular weight excluding hydrogens is 144 g/mol. The molecule has 1 saturated carbocycles. The highest BCUT2D eigenvalue weighted by Crippen LogP contribution is 2.44. The molecule has 0 heterocycles. The molecule has 0 aliphatic heterocycles. The Morgan fingerprint density at radius 2 is 2.33 bits per heavy atom. The van der Waals surface area contributed by atoms with E-state index < -0.39 is 0 Å². The fraction of sp³-hybridized carbons (Fsp3) is 0.667. The molecule has 12 heavy (non-hydrogen) atoms. The van der Waals surface area contributed by atoms with E-state index in [4.69, 9.17) is 0 Å². The third-order valence-electron chi connectivity index (χ3n) is 3.13. The Hall–Kier alpha value is -0.520. The minimum Gasteiger partial charge on any atom is -0.0843 e. The molecule has 0 aromatic carbocycles. The smallest absolute Gasteiger partial charge is 0.0248 e. The predicted octanol–water partition coefficient (Wildman–Crippen LogP) is 3.84. The van der Waals surface area contributed by atoms with Gasteiger partial charge in [0, 0.05) is 0 Å². The van der Waals surface area contributed by atoms with E-state index in [1.54, 1.807) is 11.1 Å². The van der Waals surface area contributed by atoms with Crippen molar-refractivity contribution >= 4 is 0 Å². The second kappa shape index (κ2) is 3.47. The van der Waals surface area contributed by atoms with Crippen molar-refractivity contribution in [1.29, 1.82) is 0 Å². The summed E-state index contributed by atoms with van der Waals surface area (Å²) in [6.07, 6.45) is 12.9. The largest absolute Gasteiger partial charge is 0.0843 e. The van der Waals surface area contributed by atoms with Gasteiger partial charge in [-0.15, -0.1) is 0 Å². The minimum atomic E-state index is 1.03. The summed E-state index contributed by atoms with van der Waals surface area (Å²) in [7, 11) is 0. The highest BCUT2D eigenvalue weighted by atomic mass is 14.3. The van der Waals surface area contributed by atoms with Crippen molar-refractivity contribution in [3.63, 3.8) is 0 Å². The molecule has 1 fully saturated rings. The van der Waals surface area contributed by atoms with Crippen LogP contribution < -0.4 is 0 Å². The van der Waals surface area contributed by atoms with Gasteiger partial charge in [0.2, 0.25) is 0 Å². The fourth-order valence-electron chi connectivity index (χ4n) is 2.43. The van der Waals surface area contributed by atoms with E-state index in [0.717, 1.165) is 5.92 Å². The van der Waals surface area contributed by atoms with Crippen LogP contribution >= 0.6 is 0 Å². The molecule has 0 aromatic rings. The predicted molar refractivity (Wildman–Crippen MR) is 53.0 cm³/mol. The van der Waals surface area contributed by atoms with Crippen LogP contribution in [-0.2, 0) is 0 Å². The molecule has 1 atom stereocenters. The summed E-state index contributed by atoms with van der Waals surface area (Å²) in [5.74, 6) is 1.03. The zero-order valence-electron chi connectivity index (χ0n) is 7.97. The summed E-state index contributed by atoms with van der Waals surface area (Å²) in [4.78, 5) is 0. The van der Waals surface area contributed by atoms with Gasteiger partial charge in [0.05, 0.1) is 0 Å². The maximum atomic E-state index is 2.39. The first-order chi connectivity index (χ1) is 5.90. The first-order valence-corrected chi connectivity index (χ1v) is 5.27. The molecule has 66 valence electrons. The molecule has 0 amide bonds. The SMILES string of the molecule is CCC/C=C/C1=C2CCC(C1)C2. The van der Waals surface area contributed by atoms with E-state index in [9.17, 15) is 0 Å². The van der Waals surface area contributed by atoms with Crippen molar-refractivity contribution in [2.75, 3.05) is 0 Å². The Balaban J connectivity index is 1.96. The van der Waals surface area contributed by atoms with Crippen LogP contribution in [0.5, 0.6) is 0 Å². The third kappa shape index (κ3) is 1.48. The molecule has 1 unspecified atom stereocenters. The van der Waals surface area contributed by atoms with Crippen molar-refractivity contribution in [2.45, 2.75) is 45.4 Å². The van der Waals surface area contributed by atoms with Crippen molar-refractivity contribution in [1.82, 2.24) is 0 Å². The van der Waals surface area contributed by atoms with Crippen molar-refractivity contribution in [3.05, 3.63) is 23.3 Å². The van der Waals surface area contributed by atoms with Gasteiger partial charge in [-0.2, -0.15) is 0 Å². The van der Waals surface area contributed by atoms with Crippen LogP contribution in [0.3, 0.4) is 0 Å². The Morgan fingerprint density at radius 3 is 2.92 bits per heavy atom. The van der Waals surface area contributed by atoms with Gasteiger partial charge >= 0.3 is 0 Å². The Kier molecular flexibility index (Phi) is 2.34. The average molecular weight is 162 g/mol. The summed E-state index contributed by atoms with van der Waals surface area (Å²) >= 11 is 0. The monoisotopic (exact) mass is 162 g/mol. The van der Waals surface area contributed by atoms with E-state index in [1.807, 2.05) is 0 Å². The first-order valence-electron chi connectivity index (χ1n) is 5.27. The molecule has 0 N–H and O–H groups in total. The molecule has 0 heteroatoms. The Morgan fingerprint density at radius 1 is 1.42 bits per heavy atom. The molecule has 0 radical (unpaired) electrons. The number of rotatable bonds is 3. The fourth-order valence-corrected chi connectivity index (χ4v) is 2.43. The maximum Gasteiger partial charge on any atom is -0.0248 e. The van der Waals surface area contributed by atoms with Crippen LogP contribution in [0.4, 0.5) is 0 Å². The second-order valence-electron chi connectivity index (χ2n) is 4.13. The van der Waals surface area contributed by atoms with Gasteiger partial charge in [-0.1, -0.05) is 31.1 Å². The van der Waals surface area contributed by atoms with Crippen LogP contribution in [0.25, 0.3) is 0 Å². The molecule has 0 aromatic heterocycles. The van der Waals surface area contributed by atoms with Gasteiger partial charge in [-0.25, -0.2) is 0 Å². The molecule has 0 nitrogen and oxygen atoms in total. The summed E-state index contributed by atoms with van der Waals surface area (Å²) in [5, 5.41) is 0. The molecule has 0 spiro atoms. The summed E-state index contributed by atoms with van der Waals surface area (Å²) in [6.45, 7) is 2.24. The van der Waals surface area contributed by atoms with E-state index >= 15 is 0 Å². The van der Waals surface area contributed by atoms with Crippen molar-refractivity contribution in [2.24, 2.45) is 5.92 Å². The van der Waals surface area contributed by atoms with Crippen molar-refractivity contribution in [3.8, 4) is 0 Å². The molecule has 0 saturated heterocycles. The van der Waals surface area contributed by atoms with Gasteiger partial charge in [0.1, 0.15) is 0 Å². The van der Waals surface area contributed by atoms with E-state index in [-0.39, 0.29) is 0 Å². The molecule has 2 bridgehead atoms. The highest BCUT2D eigenvalue weighted by molar-refractivity contribution is 5.33. The minimum absolute atomic E-state index is 1.03. The van der Waals surface area contributed by atoms with E-state index in [2.05, 4.69) is 19.1 Å². The quantitative estimate of drug-likeness (QED) is 0.591. The molecular formula is C12H18. The maximum absolute atomic E-state index is 2.39. The highest BCUT2D eigenvalue weighted by Gasteiger charge is 2.28. The van der Waals surface area contributed by atoms with Crippen LogP contribution in [0.2, 0.25) is 0 Å². The first kappa shape index (κ1) is 8.10. The van der Waals surface area contributed by atoms with Crippen LogP contribution in [0, 0.1) is 5.92 Å². The lowest BCUT2D eigenvalue weighted by molar-refractivity contribution is 0.567. The van der Waals surface area contributed by atoms with E-state index in [1.165, 1.54) is 38.5 Å². The summed E-state index contributed by atoms with van der Waals surface area (Å²) in [5.41, 5.74) is 3.45. The van der Waals surface area contributed by atoms with Gasteiger partial charge in [-0.05, 0) is 43.6 Å². The van der Waals surface area contributed by atoms with E-state index in [0.29, 0.717) is 0 Å². The van der Waals surface area contributed by atoms with Crippen LogP contribution in [0.1, 0.15) is 45.4 Å². The van der Waals surface area contributed by atoms with Gasteiger partial charge in [0.25, 0.3) is 0 Å². The lowest BCUT2D eigenvalue weighted by Crippen LogP contribution is -1.91. The summed E-state index contributed by atoms with van der Waals surface area (Å²) in [6, 6.07) is 0. The molecule has 2 rings (SSSR count). The van der Waals surface area contributed by atoms with Gasteiger partial charge in [-0.3, -0.25) is 0 Å². The summed E-state index contributed by atoms with van der Waals surface area (Å²) < 4.78 is 0. The zero-order valence-corrected chi connectivity index (χ0v) is 7.97. The topological polar surface area (TPSA) is 0 Å². The lowest BCUT2D eigenvalue weighted by atomic mass is 9.99. The second-order valence-corrected chi connectivity index (χ2v) is 4.13. The molecule has 2 aliphatic carbocycles. The third-order valence-corrected chi connectivity index (χ3v) is 3.13. The zero-order chi connectivity index (χ0) is 8.39. The normalized spacial score (nSPS) is 27.9.